The first-order valence-electron chi connectivity index (χ1n) is 7.03. The quantitative estimate of drug-likeness (QED) is 0.842. The minimum absolute atomic E-state index is 0.329. The third kappa shape index (κ3) is 3.27. The van der Waals surface area contributed by atoms with E-state index in [0.29, 0.717) is 26.1 Å². The van der Waals surface area contributed by atoms with Crippen LogP contribution < -0.4 is 0 Å². The fourth-order valence-electron chi connectivity index (χ4n) is 2.85. The maximum atomic E-state index is 12.6. The number of hydrogen-bond donors (Lipinski definition) is 1. The summed E-state index contributed by atoms with van der Waals surface area (Å²) in [5, 5.41) is 9.27. The zero-order valence-electron chi connectivity index (χ0n) is 11.1. The molecule has 1 atom stereocenters. The fourth-order valence-corrected chi connectivity index (χ4v) is 4.74. The molecular weight excluding hydrogens is 268 g/mol. The average Bonchev–Trinajstić information content (AvgIpc) is 2.65. The molecule has 0 aliphatic carbocycles. The molecule has 2 aliphatic rings. The van der Waals surface area contributed by atoms with E-state index < -0.39 is 22.2 Å². The van der Waals surface area contributed by atoms with Crippen molar-refractivity contribution in [2.75, 3.05) is 19.6 Å². The first kappa shape index (κ1) is 14.7. The zero-order valence-corrected chi connectivity index (χ0v) is 11.9. The van der Waals surface area contributed by atoms with E-state index in [1.54, 1.807) is 0 Å². The molecule has 0 amide bonds. The first-order chi connectivity index (χ1) is 9.03. The van der Waals surface area contributed by atoms with Crippen molar-refractivity contribution in [2.45, 2.75) is 51.0 Å². The van der Waals surface area contributed by atoms with E-state index in [-0.39, 0.29) is 0 Å². The van der Waals surface area contributed by atoms with Crippen LogP contribution in [0.2, 0.25) is 0 Å². The molecule has 2 aliphatic heterocycles. The molecule has 0 radical (unpaired) electrons. The normalized spacial score (nSPS) is 27.9. The van der Waals surface area contributed by atoms with Crippen LogP contribution >= 0.6 is 0 Å². The van der Waals surface area contributed by atoms with Crippen molar-refractivity contribution in [3.8, 4) is 0 Å². The van der Waals surface area contributed by atoms with Gasteiger partial charge in [0.15, 0.2) is 0 Å². The van der Waals surface area contributed by atoms with Crippen molar-refractivity contribution in [3.63, 3.8) is 0 Å². The summed E-state index contributed by atoms with van der Waals surface area (Å²) in [5.41, 5.74) is 0. The Balaban J connectivity index is 2.21. The molecule has 0 spiro atoms. The van der Waals surface area contributed by atoms with Gasteiger partial charge < -0.3 is 5.11 Å². The predicted octanol–water partition coefficient (Wildman–Crippen LogP) is 1.05. The van der Waals surface area contributed by atoms with Crippen molar-refractivity contribution >= 4 is 16.2 Å². The third-order valence-corrected chi connectivity index (χ3v) is 5.97. The second-order valence-electron chi connectivity index (χ2n) is 5.28. The summed E-state index contributed by atoms with van der Waals surface area (Å²) in [6.45, 7) is 1.37. The lowest BCUT2D eigenvalue weighted by Gasteiger charge is -2.34. The molecule has 2 rings (SSSR count). The Hall–Kier alpha value is -0.660. The Labute approximate surface area is 114 Å². The lowest BCUT2D eigenvalue weighted by atomic mass is 10.1. The lowest BCUT2D eigenvalue weighted by molar-refractivity contribution is -0.141. The Morgan fingerprint density at radius 1 is 0.947 bits per heavy atom. The average molecular weight is 290 g/mol. The highest BCUT2D eigenvalue weighted by Gasteiger charge is 2.39. The Morgan fingerprint density at radius 2 is 1.53 bits per heavy atom. The molecule has 2 saturated heterocycles. The summed E-state index contributed by atoms with van der Waals surface area (Å²) >= 11 is 0. The Bertz CT molecular complexity index is 417. The minimum Gasteiger partial charge on any atom is -0.480 e. The molecule has 1 N–H and O–H groups in total. The van der Waals surface area contributed by atoms with E-state index >= 15 is 0 Å². The van der Waals surface area contributed by atoms with Crippen LogP contribution in [0.15, 0.2) is 0 Å². The maximum absolute atomic E-state index is 12.6. The maximum Gasteiger partial charge on any atom is 0.322 e. The molecule has 0 aromatic carbocycles. The van der Waals surface area contributed by atoms with Gasteiger partial charge in [-0.3, -0.25) is 4.79 Å². The summed E-state index contributed by atoms with van der Waals surface area (Å²) in [5.74, 6) is -1.03. The van der Waals surface area contributed by atoms with Crippen LogP contribution in [0.3, 0.4) is 0 Å². The van der Waals surface area contributed by atoms with Crippen LogP contribution in [0.5, 0.6) is 0 Å². The van der Waals surface area contributed by atoms with Crippen molar-refractivity contribution in [1.82, 2.24) is 8.61 Å². The summed E-state index contributed by atoms with van der Waals surface area (Å²) in [7, 11) is -3.62. The van der Waals surface area contributed by atoms with Gasteiger partial charge in [-0.1, -0.05) is 19.3 Å². The largest absolute Gasteiger partial charge is 0.480 e. The highest BCUT2D eigenvalue weighted by Crippen LogP contribution is 2.24. The SMILES string of the molecule is O=C(O)C1CCCCCN1S(=O)(=O)N1CCCCC1. The zero-order chi connectivity index (χ0) is 13.9. The van der Waals surface area contributed by atoms with Crippen molar-refractivity contribution in [1.29, 1.82) is 0 Å². The molecule has 0 saturated carbocycles. The van der Waals surface area contributed by atoms with Gasteiger partial charge >= 0.3 is 5.97 Å². The van der Waals surface area contributed by atoms with Gasteiger partial charge in [-0.2, -0.15) is 17.0 Å². The highest BCUT2D eigenvalue weighted by atomic mass is 32.2. The topological polar surface area (TPSA) is 77.9 Å². The second-order valence-corrected chi connectivity index (χ2v) is 7.16. The minimum atomic E-state index is -3.62. The number of aliphatic carboxylic acids is 1. The van der Waals surface area contributed by atoms with E-state index in [9.17, 15) is 18.3 Å². The molecule has 19 heavy (non-hydrogen) atoms. The van der Waals surface area contributed by atoms with Crippen LogP contribution in [0.1, 0.15) is 44.9 Å². The highest BCUT2D eigenvalue weighted by molar-refractivity contribution is 7.86. The number of rotatable bonds is 3. The third-order valence-electron chi connectivity index (χ3n) is 3.93. The first-order valence-corrected chi connectivity index (χ1v) is 8.43. The summed E-state index contributed by atoms with van der Waals surface area (Å²) < 4.78 is 27.9. The number of carbonyl (C=O) groups is 1. The summed E-state index contributed by atoms with van der Waals surface area (Å²) in [6, 6.07) is -0.894. The molecule has 0 bridgehead atoms. The molecule has 2 fully saturated rings. The number of carboxylic acids is 1. The van der Waals surface area contributed by atoms with Crippen molar-refractivity contribution in [3.05, 3.63) is 0 Å². The standard InChI is InChI=1S/C12H22N2O4S/c15-12(16)11-7-3-1-6-10-14(11)19(17,18)13-8-4-2-5-9-13/h11H,1-10H2,(H,15,16). The Morgan fingerprint density at radius 3 is 2.16 bits per heavy atom. The molecular formula is C12H22N2O4S. The monoisotopic (exact) mass is 290 g/mol. The number of piperidine rings is 1. The molecule has 0 aromatic heterocycles. The van der Waals surface area contributed by atoms with E-state index in [4.69, 9.17) is 0 Å². The van der Waals surface area contributed by atoms with Gasteiger partial charge in [-0.15, -0.1) is 0 Å². The van der Waals surface area contributed by atoms with E-state index in [2.05, 4.69) is 0 Å². The van der Waals surface area contributed by atoms with Crippen LogP contribution in [0.25, 0.3) is 0 Å². The Kier molecular flexibility index (Phi) is 4.81. The van der Waals surface area contributed by atoms with Crippen LogP contribution in [-0.2, 0) is 15.0 Å². The predicted molar refractivity (Wildman–Crippen MR) is 70.9 cm³/mol. The number of carboxylic acid groups (broad SMARTS) is 1. The van der Waals surface area contributed by atoms with Gasteiger partial charge in [0.2, 0.25) is 0 Å². The van der Waals surface area contributed by atoms with Crippen LogP contribution in [0, 0.1) is 0 Å². The molecule has 6 nitrogen and oxygen atoms in total. The van der Waals surface area contributed by atoms with Crippen molar-refractivity contribution in [2.24, 2.45) is 0 Å². The van der Waals surface area contributed by atoms with E-state index in [1.807, 2.05) is 0 Å². The van der Waals surface area contributed by atoms with Gasteiger partial charge in [0.05, 0.1) is 0 Å². The molecule has 0 aromatic rings. The van der Waals surface area contributed by atoms with Gasteiger partial charge in [0.25, 0.3) is 10.2 Å². The summed E-state index contributed by atoms with van der Waals surface area (Å²) in [6.07, 6.45) is 5.63. The lowest BCUT2D eigenvalue weighted by Crippen LogP contribution is -2.52. The molecule has 7 heteroatoms. The summed E-state index contributed by atoms with van der Waals surface area (Å²) in [4.78, 5) is 11.3. The smallest absolute Gasteiger partial charge is 0.322 e. The van der Waals surface area contributed by atoms with Gasteiger partial charge in [-0.25, -0.2) is 0 Å². The van der Waals surface area contributed by atoms with Gasteiger partial charge in [0, 0.05) is 19.6 Å². The molecule has 2 heterocycles. The van der Waals surface area contributed by atoms with Crippen molar-refractivity contribution < 1.29 is 18.3 Å². The molecule has 110 valence electrons. The van der Waals surface area contributed by atoms with Crippen LogP contribution in [-0.4, -0.2) is 53.8 Å². The number of nitrogens with zero attached hydrogens (tertiary/aromatic N) is 2. The van der Waals surface area contributed by atoms with Gasteiger partial charge in [-0.05, 0) is 25.7 Å². The molecule has 1 unspecified atom stereocenters. The van der Waals surface area contributed by atoms with E-state index in [1.165, 1.54) is 8.61 Å². The fraction of sp³-hybridized carbons (Fsp3) is 0.917. The second kappa shape index (κ2) is 6.19. The number of hydrogen-bond acceptors (Lipinski definition) is 3. The van der Waals surface area contributed by atoms with E-state index in [0.717, 1.165) is 38.5 Å². The van der Waals surface area contributed by atoms with Crippen LogP contribution in [0.4, 0.5) is 0 Å². The van der Waals surface area contributed by atoms with Gasteiger partial charge in [0.1, 0.15) is 6.04 Å².